The molecule has 2 N–H and O–H groups in total. The van der Waals surface area contributed by atoms with Gasteiger partial charge in [-0.1, -0.05) is 6.07 Å². The van der Waals surface area contributed by atoms with Crippen LogP contribution in [0.4, 0.5) is 0 Å². The van der Waals surface area contributed by atoms with E-state index in [9.17, 15) is 9.59 Å². The highest BCUT2D eigenvalue weighted by Crippen LogP contribution is 2.59. The molecule has 1 spiro atoms. The summed E-state index contributed by atoms with van der Waals surface area (Å²) in [6.45, 7) is 7.68. The number of carbonyl (C=O) groups is 2. The molecule has 27 heavy (non-hydrogen) atoms. The van der Waals surface area contributed by atoms with Crippen molar-refractivity contribution in [2.24, 2.45) is 0 Å². The third kappa shape index (κ3) is 3.26. The molecule has 2 fully saturated rings. The molecule has 0 bridgehead atoms. The maximum Gasteiger partial charge on any atom is 0.245 e. The summed E-state index contributed by atoms with van der Waals surface area (Å²) >= 11 is 0. The molecule has 4 rings (SSSR count). The number of aryl methyl sites for hydroxylation is 1. The van der Waals surface area contributed by atoms with Crippen LogP contribution >= 0.6 is 0 Å². The van der Waals surface area contributed by atoms with Gasteiger partial charge in [0, 0.05) is 36.8 Å². The molecule has 146 valence electrons. The molecular weight excluding hydrogens is 344 g/mol. The second kappa shape index (κ2) is 6.14. The van der Waals surface area contributed by atoms with E-state index < -0.39 is 5.54 Å². The van der Waals surface area contributed by atoms with Crippen LogP contribution in [-0.4, -0.2) is 36.1 Å². The number of hydrogen-bond donors (Lipinski definition) is 2. The normalized spacial score (nSPS) is 24.4. The Morgan fingerprint density at radius 2 is 1.96 bits per heavy atom. The summed E-state index contributed by atoms with van der Waals surface area (Å²) in [6, 6.07) is 4.21. The third-order valence-corrected chi connectivity index (χ3v) is 5.97. The van der Waals surface area contributed by atoms with Crippen molar-refractivity contribution in [3.05, 3.63) is 23.3 Å². The Kier molecular flexibility index (Phi) is 4.13. The molecule has 0 radical (unpaired) electrons. The van der Waals surface area contributed by atoms with E-state index in [2.05, 4.69) is 29.7 Å². The Balaban J connectivity index is 1.35. The highest BCUT2D eigenvalue weighted by atomic mass is 16.5. The minimum Gasteiger partial charge on any atom is -0.492 e. The average molecular weight is 372 g/mol. The van der Waals surface area contributed by atoms with E-state index >= 15 is 0 Å². The van der Waals surface area contributed by atoms with Gasteiger partial charge in [0.1, 0.15) is 23.1 Å². The largest absolute Gasteiger partial charge is 0.492 e. The van der Waals surface area contributed by atoms with Gasteiger partial charge in [-0.25, -0.2) is 0 Å². The van der Waals surface area contributed by atoms with Crippen molar-refractivity contribution in [1.82, 2.24) is 10.6 Å². The predicted octanol–water partition coefficient (Wildman–Crippen LogP) is 2.36. The van der Waals surface area contributed by atoms with Gasteiger partial charge in [0.25, 0.3) is 0 Å². The van der Waals surface area contributed by atoms with Crippen molar-refractivity contribution in [2.75, 3.05) is 6.61 Å². The molecule has 2 aliphatic carbocycles. The molecule has 6 heteroatoms. The Labute approximate surface area is 160 Å². The van der Waals surface area contributed by atoms with Gasteiger partial charge in [-0.15, -0.1) is 0 Å². The zero-order valence-electron chi connectivity index (χ0n) is 16.5. The van der Waals surface area contributed by atoms with Gasteiger partial charge in [0.05, 0.1) is 6.61 Å². The monoisotopic (exact) mass is 372 g/mol. The summed E-state index contributed by atoms with van der Waals surface area (Å²) in [5, 5.41) is 5.69. The summed E-state index contributed by atoms with van der Waals surface area (Å²) in [4.78, 5) is 23.6. The predicted molar refractivity (Wildman–Crippen MR) is 101 cm³/mol. The summed E-state index contributed by atoms with van der Waals surface area (Å²) in [7, 11) is 0. The molecule has 6 nitrogen and oxygen atoms in total. The van der Waals surface area contributed by atoms with Crippen LogP contribution in [0.2, 0.25) is 0 Å². The van der Waals surface area contributed by atoms with E-state index in [0.29, 0.717) is 0 Å². The molecule has 1 aromatic rings. The van der Waals surface area contributed by atoms with Crippen LogP contribution in [0.5, 0.6) is 11.5 Å². The minimum atomic E-state index is -0.911. The summed E-state index contributed by atoms with van der Waals surface area (Å²) in [5.74, 6) is 1.57. The van der Waals surface area contributed by atoms with Gasteiger partial charge in [-0.05, 0) is 45.2 Å². The Morgan fingerprint density at radius 3 is 2.59 bits per heavy atom. The van der Waals surface area contributed by atoms with E-state index in [4.69, 9.17) is 9.47 Å². The number of nitrogens with one attached hydrogen (secondary N) is 2. The highest BCUT2D eigenvalue weighted by molar-refractivity contribution is 5.90. The van der Waals surface area contributed by atoms with Crippen molar-refractivity contribution >= 4 is 11.8 Å². The van der Waals surface area contributed by atoms with Crippen molar-refractivity contribution in [3.63, 3.8) is 0 Å². The summed E-state index contributed by atoms with van der Waals surface area (Å²) in [6.07, 6.45) is 3.99. The number of carbonyl (C=O) groups excluding carboxylic acids is 2. The zero-order valence-corrected chi connectivity index (χ0v) is 16.5. The molecule has 0 aromatic heterocycles. The van der Waals surface area contributed by atoms with Gasteiger partial charge in [0.2, 0.25) is 11.8 Å². The fourth-order valence-electron chi connectivity index (χ4n) is 4.10. The Bertz CT molecular complexity index is 792. The van der Waals surface area contributed by atoms with E-state index in [1.165, 1.54) is 30.9 Å². The first-order valence-corrected chi connectivity index (χ1v) is 9.73. The van der Waals surface area contributed by atoms with E-state index in [1.807, 2.05) is 0 Å². The number of hydrogen-bond acceptors (Lipinski definition) is 4. The number of fused-ring (bicyclic) bond motifs is 2. The van der Waals surface area contributed by atoms with Crippen LogP contribution in [-0.2, 0) is 15.0 Å². The molecule has 0 saturated heterocycles. The summed E-state index contributed by atoms with van der Waals surface area (Å²) < 4.78 is 12.2. The Morgan fingerprint density at radius 1 is 1.26 bits per heavy atom. The molecular formula is C21H28N2O4. The Hall–Kier alpha value is -2.24. The van der Waals surface area contributed by atoms with Gasteiger partial charge >= 0.3 is 0 Å². The molecule has 2 saturated carbocycles. The number of ether oxygens (including phenoxy) is 2. The lowest BCUT2D eigenvalue weighted by Crippen LogP contribution is -2.59. The van der Waals surface area contributed by atoms with Crippen molar-refractivity contribution < 1.29 is 19.1 Å². The van der Waals surface area contributed by atoms with Crippen molar-refractivity contribution in [2.45, 2.75) is 76.5 Å². The average Bonchev–Trinajstić information content (AvgIpc) is 3.20. The quantitative estimate of drug-likeness (QED) is 0.832. The number of amides is 2. The van der Waals surface area contributed by atoms with Crippen molar-refractivity contribution in [1.29, 1.82) is 0 Å². The van der Waals surface area contributed by atoms with Crippen LogP contribution in [0, 0.1) is 6.92 Å². The molecule has 1 heterocycles. The molecule has 3 aliphatic rings. The van der Waals surface area contributed by atoms with Crippen molar-refractivity contribution in [3.8, 4) is 11.5 Å². The zero-order chi connectivity index (χ0) is 19.4. The lowest BCUT2D eigenvalue weighted by atomic mass is 9.87. The maximum absolute atomic E-state index is 12.4. The van der Waals surface area contributed by atoms with E-state index in [-0.39, 0.29) is 29.4 Å². The van der Waals surface area contributed by atoms with Crippen LogP contribution in [0.25, 0.3) is 0 Å². The fraction of sp³-hybridized carbons (Fsp3) is 0.619. The second-order valence-electron chi connectivity index (χ2n) is 8.84. The fourth-order valence-corrected chi connectivity index (χ4v) is 4.10. The number of rotatable bonds is 5. The van der Waals surface area contributed by atoms with Crippen LogP contribution in [0.15, 0.2) is 12.1 Å². The molecule has 2 amide bonds. The van der Waals surface area contributed by atoms with Gasteiger partial charge < -0.3 is 20.1 Å². The van der Waals surface area contributed by atoms with Crippen LogP contribution in [0.1, 0.15) is 57.6 Å². The van der Waals surface area contributed by atoms with Gasteiger partial charge in [-0.2, -0.15) is 0 Å². The van der Waals surface area contributed by atoms with Gasteiger partial charge in [-0.3, -0.25) is 9.59 Å². The standard InChI is InChI=1S/C21H28N2O4/c1-12-5-6-16(17-18(12)26-11-21(17)7-8-21)27-15-9-14(10-15)22-19(25)20(3,4)23-13(2)24/h5-6,14-15H,7-11H2,1-4H3,(H,22,25)(H,23,24). The lowest BCUT2D eigenvalue weighted by Gasteiger charge is -2.38. The molecule has 0 atom stereocenters. The molecule has 0 unspecified atom stereocenters. The number of benzene rings is 1. The minimum absolute atomic E-state index is 0.0835. The lowest BCUT2D eigenvalue weighted by molar-refractivity contribution is -0.132. The first-order valence-electron chi connectivity index (χ1n) is 9.73. The van der Waals surface area contributed by atoms with Gasteiger partial charge in [0.15, 0.2) is 0 Å². The molecule has 1 aliphatic heterocycles. The van der Waals surface area contributed by atoms with Crippen LogP contribution < -0.4 is 20.1 Å². The SMILES string of the molecule is CC(=O)NC(C)(C)C(=O)NC1CC(Oc2ccc(C)c3c2C2(CC2)CO3)C1. The smallest absolute Gasteiger partial charge is 0.245 e. The maximum atomic E-state index is 12.4. The van der Waals surface area contributed by atoms with E-state index in [0.717, 1.165) is 30.9 Å². The second-order valence-corrected chi connectivity index (χ2v) is 8.84. The first-order chi connectivity index (χ1) is 12.7. The topological polar surface area (TPSA) is 76.7 Å². The van der Waals surface area contributed by atoms with Crippen LogP contribution in [0.3, 0.4) is 0 Å². The van der Waals surface area contributed by atoms with E-state index in [1.54, 1.807) is 13.8 Å². The molecule has 1 aromatic carbocycles. The highest BCUT2D eigenvalue weighted by Gasteiger charge is 2.53. The third-order valence-electron chi connectivity index (χ3n) is 5.97. The summed E-state index contributed by atoms with van der Waals surface area (Å²) in [5.41, 5.74) is 1.68. The first kappa shape index (κ1) is 18.1.